The molecule has 1 saturated heterocycles. The number of amides is 3. The van der Waals surface area contributed by atoms with Crippen molar-refractivity contribution in [2.45, 2.75) is 18.5 Å². The molecule has 0 saturated carbocycles. The van der Waals surface area contributed by atoms with Gasteiger partial charge in [0.2, 0.25) is 0 Å². The van der Waals surface area contributed by atoms with Gasteiger partial charge >= 0.3 is 12.1 Å². The van der Waals surface area contributed by atoms with E-state index in [1.54, 1.807) is 67.8 Å². The summed E-state index contributed by atoms with van der Waals surface area (Å²) >= 11 is 0. The molecule has 0 radical (unpaired) electrons. The fourth-order valence-electron chi connectivity index (χ4n) is 4.87. The van der Waals surface area contributed by atoms with Crippen LogP contribution in [-0.2, 0) is 0 Å². The highest BCUT2D eigenvalue weighted by Gasteiger charge is 2.32. The monoisotopic (exact) mass is 561 g/mol. The number of carbonyl (C=O) groups is 3. The third kappa shape index (κ3) is 5.76. The summed E-state index contributed by atoms with van der Waals surface area (Å²) in [6.07, 6.45) is 1.07. The number of carbonyl (C=O) groups excluding carboxylic acids is 2. The molecular formula is C29H28FN5O6. The van der Waals surface area contributed by atoms with Crippen LogP contribution in [0, 0.1) is 0 Å². The maximum Gasteiger partial charge on any atom is 0.407 e. The van der Waals surface area contributed by atoms with Gasteiger partial charge in [0.1, 0.15) is 17.7 Å². The number of nitrogens with one attached hydrogen (secondary N) is 2. The Kier molecular flexibility index (Phi) is 7.72. The van der Waals surface area contributed by atoms with E-state index >= 15 is 0 Å². The van der Waals surface area contributed by atoms with Gasteiger partial charge in [-0.05, 0) is 42.3 Å². The Morgan fingerprint density at radius 3 is 2.54 bits per heavy atom. The summed E-state index contributed by atoms with van der Waals surface area (Å²) in [6.45, 7) is 0.0873. The number of hydrogen-bond donors (Lipinski definition) is 3. The fraction of sp³-hybridized carbons (Fsp3) is 0.241. The predicted molar refractivity (Wildman–Crippen MR) is 149 cm³/mol. The van der Waals surface area contributed by atoms with Gasteiger partial charge in [0, 0.05) is 55.0 Å². The van der Waals surface area contributed by atoms with Crippen LogP contribution in [0.4, 0.5) is 19.8 Å². The molecule has 5 rings (SSSR count). The van der Waals surface area contributed by atoms with Crippen molar-refractivity contribution in [3.05, 3.63) is 78.1 Å². The number of benzene rings is 2. The fourth-order valence-corrected chi connectivity index (χ4v) is 4.87. The van der Waals surface area contributed by atoms with Gasteiger partial charge in [-0.15, -0.1) is 0 Å². The molecule has 1 aliphatic rings. The van der Waals surface area contributed by atoms with E-state index in [-0.39, 0.29) is 24.9 Å². The van der Waals surface area contributed by atoms with Gasteiger partial charge in [-0.25, -0.2) is 19.0 Å². The smallest absolute Gasteiger partial charge is 0.407 e. The van der Waals surface area contributed by atoms with Crippen molar-refractivity contribution in [1.82, 2.24) is 19.8 Å². The van der Waals surface area contributed by atoms with E-state index in [1.807, 2.05) is 0 Å². The molecule has 2 unspecified atom stereocenters. The molecular weight excluding hydrogens is 533 g/mol. The molecule has 2 aromatic carbocycles. The quantitative estimate of drug-likeness (QED) is 0.299. The molecule has 41 heavy (non-hydrogen) atoms. The number of piperidine rings is 1. The maximum atomic E-state index is 14.6. The average Bonchev–Trinajstić information content (AvgIpc) is 3.39. The van der Waals surface area contributed by atoms with E-state index in [1.165, 1.54) is 17.9 Å². The second-order valence-electron chi connectivity index (χ2n) is 9.50. The zero-order valence-electron chi connectivity index (χ0n) is 22.3. The lowest BCUT2D eigenvalue weighted by molar-refractivity contribution is 0.0961. The van der Waals surface area contributed by atoms with Gasteiger partial charge in [0.25, 0.3) is 5.91 Å². The molecule has 0 spiro atoms. The van der Waals surface area contributed by atoms with Crippen LogP contribution in [0.2, 0.25) is 0 Å². The molecule has 3 amide bonds. The molecule has 2 atom stereocenters. The van der Waals surface area contributed by atoms with Crippen molar-refractivity contribution in [3.63, 3.8) is 0 Å². The first-order chi connectivity index (χ1) is 19.8. The number of ether oxygens (including phenoxy) is 2. The lowest BCUT2D eigenvalue weighted by Gasteiger charge is -2.33. The second-order valence-corrected chi connectivity index (χ2v) is 9.50. The minimum Gasteiger partial charge on any atom is -0.493 e. The predicted octanol–water partition coefficient (Wildman–Crippen LogP) is 5.08. The summed E-state index contributed by atoms with van der Waals surface area (Å²) in [4.78, 5) is 41.4. The topological polar surface area (TPSA) is 135 Å². The van der Waals surface area contributed by atoms with Crippen molar-refractivity contribution in [2.75, 3.05) is 32.6 Å². The summed E-state index contributed by atoms with van der Waals surface area (Å²) in [7, 11) is 3.05. The first-order valence-corrected chi connectivity index (χ1v) is 12.9. The third-order valence-electron chi connectivity index (χ3n) is 7.02. The van der Waals surface area contributed by atoms with Crippen LogP contribution in [0.25, 0.3) is 10.9 Å². The minimum atomic E-state index is -1.32. The van der Waals surface area contributed by atoms with Gasteiger partial charge in [0.15, 0.2) is 11.5 Å². The van der Waals surface area contributed by atoms with Crippen LogP contribution in [0.1, 0.15) is 28.3 Å². The molecule has 0 aliphatic carbocycles. The lowest BCUT2D eigenvalue weighted by Crippen LogP contribution is -2.43. The number of halogens is 1. The summed E-state index contributed by atoms with van der Waals surface area (Å²) in [5, 5.41) is 15.2. The summed E-state index contributed by atoms with van der Waals surface area (Å²) in [5.74, 6) is 0.634. The largest absolute Gasteiger partial charge is 0.493 e. The number of nitrogens with zero attached hydrogens (tertiary/aromatic N) is 3. The van der Waals surface area contributed by atoms with Gasteiger partial charge < -0.3 is 30.1 Å². The molecule has 2 aromatic heterocycles. The van der Waals surface area contributed by atoms with Gasteiger partial charge in [-0.3, -0.25) is 9.36 Å². The Balaban J connectivity index is 1.27. The van der Waals surface area contributed by atoms with Crippen LogP contribution in [-0.4, -0.2) is 71.0 Å². The molecule has 212 valence electrons. The Bertz CT molecular complexity index is 1610. The zero-order valence-corrected chi connectivity index (χ0v) is 22.3. The van der Waals surface area contributed by atoms with Crippen molar-refractivity contribution in [3.8, 4) is 17.2 Å². The molecule has 1 aliphatic heterocycles. The van der Waals surface area contributed by atoms with Gasteiger partial charge in [-0.2, -0.15) is 0 Å². The molecule has 3 N–H and O–H groups in total. The van der Waals surface area contributed by atoms with Crippen molar-refractivity contribution in [1.29, 1.82) is 0 Å². The number of carboxylic acid groups (broad SMARTS) is 1. The average molecular weight is 562 g/mol. The molecule has 0 bridgehead atoms. The molecule has 3 heterocycles. The number of alkyl halides is 1. The number of fused-ring (bicyclic) bond motifs is 1. The highest BCUT2D eigenvalue weighted by Crippen LogP contribution is 2.36. The minimum absolute atomic E-state index is 0.172. The summed E-state index contributed by atoms with van der Waals surface area (Å²) in [6, 6.07) is 14.7. The first kappa shape index (κ1) is 27.4. The number of aromatic nitrogens is 2. The third-order valence-corrected chi connectivity index (χ3v) is 7.02. The molecule has 11 nitrogen and oxygen atoms in total. The second kappa shape index (κ2) is 11.5. The van der Waals surface area contributed by atoms with Crippen molar-refractivity contribution < 1.29 is 33.4 Å². The van der Waals surface area contributed by atoms with E-state index in [4.69, 9.17) is 14.6 Å². The first-order valence-electron chi connectivity index (χ1n) is 12.9. The SMILES string of the molecule is CNC(=O)n1ccc2cc(Oc3ccnc(NC(=O)c4ccc(C5CCN(C(=O)O)CC5F)cc4)c3)c(OC)cc21. The highest BCUT2D eigenvalue weighted by atomic mass is 19.1. The number of rotatable bonds is 6. The summed E-state index contributed by atoms with van der Waals surface area (Å²) in [5.41, 5.74) is 1.71. The number of methoxy groups -OCH3 is 1. The van der Waals surface area contributed by atoms with Crippen LogP contribution in [0.15, 0.2) is 67.0 Å². The van der Waals surface area contributed by atoms with Gasteiger partial charge in [-0.1, -0.05) is 12.1 Å². The molecule has 1 fully saturated rings. The number of hydrogen-bond acceptors (Lipinski definition) is 6. The normalized spacial score (nSPS) is 16.7. The highest BCUT2D eigenvalue weighted by molar-refractivity contribution is 6.03. The van der Waals surface area contributed by atoms with E-state index in [0.29, 0.717) is 40.3 Å². The number of anilines is 1. The van der Waals surface area contributed by atoms with Crippen molar-refractivity contribution in [2.24, 2.45) is 0 Å². The number of likely N-dealkylation sites (tertiary alicyclic amines) is 1. The van der Waals surface area contributed by atoms with Crippen molar-refractivity contribution >= 4 is 34.8 Å². The van der Waals surface area contributed by atoms with Crippen LogP contribution in [0.5, 0.6) is 17.2 Å². The Morgan fingerprint density at radius 1 is 1.07 bits per heavy atom. The Hall–Kier alpha value is -5.13. The van der Waals surface area contributed by atoms with Crippen LogP contribution >= 0.6 is 0 Å². The Morgan fingerprint density at radius 2 is 1.85 bits per heavy atom. The zero-order chi connectivity index (χ0) is 29.1. The number of pyridine rings is 1. The van der Waals surface area contributed by atoms with E-state index in [0.717, 1.165) is 10.3 Å². The van der Waals surface area contributed by atoms with Gasteiger partial charge in [0.05, 0.1) is 19.2 Å². The van der Waals surface area contributed by atoms with Crippen LogP contribution in [0.3, 0.4) is 0 Å². The van der Waals surface area contributed by atoms with E-state index in [2.05, 4.69) is 15.6 Å². The maximum absolute atomic E-state index is 14.6. The standard InChI is InChI=1S/C29H28FN5O6/c1-31-28(37)35-12-8-19-13-25(24(40-2)15-23(19)35)41-20-7-10-32-26(14-20)33-27(36)18-5-3-17(4-6-18)21-9-11-34(29(38)39)16-22(21)30/h3-8,10,12-15,21-22H,9,11,16H2,1-2H3,(H,31,37)(H,38,39)(H,32,33,36). The Labute approximate surface area is 234 Å². The molecule has 4 aromatic rings. The lowest BCUT2D eigenvalue weighted by atomic mass is 9.87. The van der Waals surface area contributed by atoms with E-state index < -0.39 is 24.1 Å². The van der Waals surface area contributed by atoms with E-state index in [9.17, 15) is 18.8 Å². The molecule has 12 heteroatoms. The van der Waals surface area contributed by atoms with Crippen LogP contribution < -0.4 is 20.1 Å². The summed E-state index contributed by atoms with van der Waals surface area (Å²) < 4.78 is 27.6.